The smallest absolute Gasteiger partial charge is 0.191 e. The molecule has 1 aliphatic heterocycles. The minimum absolute atomic E-state index is 0.157. The summed E-state index contributed by atoms with van der Waals surface area (Å²) in [4.78, 5) is 7.11. The molecular weight excluding hydrogens is 280 g/mol. The van der Waals surface area contributed by atoms with Crippen molar-refractivity contribution in [3.05, 3.63) is 23.7 Å². The molecule has 0 amide bonds. The zero-order chi connectivity index (χ0) is 15.8. The molecule has 1 unspecified atom stereocenters. The minimum Gasteiger partial charge on any atom is -0.465 e. The van der Waals surface area contributed by atoms with Crippen molar-refractivity contribution < 1.29 is 9.15 Å². The molecule has 0 saturated carbocycles. The standard InChI is InChI=1S/C16H28N4O2/c1-4-17-16(18-5-2)19-12-14(15-7-6-13(3)22-15)20-8-10-21-11-9-20/h6-7,14H,4-5,8-12H2,1-3H3,(H2,17,18,19). The van der Waals surface area contributed by atoms with Gasteiger partial charge < -0.3 is 19.8 Å². The molecule has 1 atom stereocenters. The van der Waals surface area contributed by atoms with E-state index in [1.807, 2.05) is 13.0 Å². The van der Waals surface area contributed by atoms with E-state index in [2.05, 4.69) is 35.4 Å². The van der Waals surface area contributed by atoms with Gasteiger partial charge in [0.1, 0.15) is 11.5 Å². The number of rotatable bonds is 6. The second-order valence-electron chi connectivity index (χ2n) is 5.36. The average molecular weight is 308 g/mol. The predicted octanol–water partition coefficient (Wildman–Crippen LogP) is 1.54. The number of hydrogen-bond acceptors (Lipinski definition) is 4. The molecule has 1 aromatic rings. The van der Waals surface area contributed by atoms with Crippen LogP contribution >= 0.6 is 0 Å². The topological polar surface area (TPSA) is 62.0 Å². The largest absolute Gasteiger partial charge is 0.465 e. The highest BCUT2D eigenvalue weighted by atomic mass is 16.5. The lowest BCUT2D eigenvalue weighted by Gasteiger charge is -2.32. The van der Waals surface area contributed by atoms with Crippen LogP contribution in [-0.2, 0) is 4.74 Å². The summed E-state index contributed by atoms with van der Waals surface area (Å²) in [6, 6.07) is 4.23. The summed E-state index contributed by atoms with van der Waals surface area (Å²) in [7, 11) is 0. The van der Waals surface area contributed by atoms with Crippen LogP contribution in [0, 0.1) is 6.92 Å². The monoisotopic (exact) mass is 308 g/mol. The third-order valence-corrected chi connectivity index (χ3v) is 3.69. The highest BCUT2D eigenvalue weighted by Crippen LogP contribution is 2.24. The molecule has 6 nitrogen and oxygen atoms in total. The molecule has 0 aromatic carbocycles. The van der Waals surface area contributed by atoms with Gasteiger partial charge in [-0.3, -0.25) is 9.89 Å². The van der Waals surface area contributed by atoms with E-state index in [4.69, 9.17) is 14.1 Å². The Morgan fingerprint density at radius 1 is 1.23 bits per heavy atom. The number of ether oxygens (including phenoxy) is 1. The third kappa shape index (κ3) is 4.74. The normalized spacial score (nSPS) is 17.0. The molecule has 1 aromatic heterocycles. The number of guanidine groups is 1. The first-order valence-electron chi connectivity index (χ1n) is 8.15. The summed E-state index contributed by atoms with van der Waals surface area (Å²) in [5.74, 6) is 2.78. The van der Waals surface area contributed by atoms with E-state index < -0.39 is 0 Å². The van der Waals surface area contributed by atoms with E-state index in [9.17, 15) is 0 Å². The lowest BCUT2D eigenvalue weighted by Crippen LogP contribution is -2.41. The Bertz CT molecular complexity index is 458. The van der Waals surface area contributed by atoms with Crippen molar-refractivity contribution in [2.24, 2.45) is 4.99 Å². The molecule has 0 spiro atoms. The van der Waals surface area contributed by atoms with Crippen LogP contribution in [0.15, 0.2) is 21.5 Å². The fraction of sp³-hybridized carbons (Fsp3) is 0.688. The van der Waals surface area contributed by atoms with E-state index in [0.29, 0.717) is 6.54 Å². The summed E-state index contributed by atoms with van der Waals surface area (Å²) in [6.45, 7) is 11.9. The molecule has 2 rings (SSSR count). The minimum atomic E-state index is 0.157. The first-order valence-corrected chi connectivity index (χ1v) is 8.15. The van der Waals surface area contributed by atoms with Gasteiger partial charge in [0.15, 0.2) is 5.96 Å². The molecule has 2 N–H and O–H groups in total. The maximum atomic E-state index is 5.86. The molecular formula is C16H28N4O2. The van der Waals surface area contributed by atoms with Gasteiger partial charge in [-0.1, -0.05) is 0 Å². The molecule has 0 aliphatic carbocycles. The molecule has 1 saturated heterocycles. The van der Waals surface area contributed by atoms with Gasteiger partial charge >= 0.3 is 0 Å². The number of hydrogen-bond donors (Lipinski definition) is 2. The lowest BCUT2D eigenvalue weighted by molar-refractivity contribution is 0.0135. The van der Waals surface area contributed by atoms with Gasteiger partial charge in [-0.15, -0.1) is 0 Å². The zero-order valence-electron chi connectivity index (χ0n) is 13.9. The van der Waals surface area contributed by atoms with Crippen molar-refractivity contribution in [3.63, 3.8) is 0 Å². The van der Waals surface area contributed by atoms with E-state index in [-0.39, 0.29) is 6.04 Å². The molecule has 124 valence electrons. The number of morpholine rings is 1. The number of furan rings is 1. The summed E-state index contributed by atoms with van der Waals surface area (Å²) < 4.78 is 11.3. The molecule has 2 heterocycles. The summed E-state index contributed by atoms with van der Waals surface area (Å²) >= 11 is 0. The van der Waals surface area contributed by atoms with Gasteiger partial charge in [0.05, 0.1) is 25.8 Å². The Labute approximate surface area is 132 Å². The molecule has 6 heteroatoms. The highest BCUT2D eigenvalue weighted by molar-refractivity contribution is 5.79. The van der Waals surface area contributed by atoms with E-state index in [1.54, 1.807) is 0 Å². The fourth-order valence-corrected chi connectivity index (χ4v) is 2.59. The summed E-state index contributed by atoms with van der Waals surface area (Å²) in [5.41, 5.74) is 0. The van der Waals surface area contributed by atoms with Crippen molar-refractivity contribution in [1.82, 2.24) is 15.5 Å². The van der Waals surface area contributed by atoms with Crippen molar-refractivity contribution >= 4 is 5.96 Å². The zero-order valence-corrected chi connectivity index (χ0v) is 13.9. The van der Waals surface area contributed by atoms with Crippen LogP contribution in [0.1, 0.15) is 31.4 Å². The molecule has 1 fully saturated rings. The highest BCUT2D eigenvalue weighted by Gasteiger charge is 2.25. The second-order valence-corrected chi connectivity index (χ2v) is 5.36. The van der Waals surface area contributed by atoms with Gasteiger partial charge in [0.2, 0.25) is 0 Å². The molecule has 0 bridgehead atoms. The first kappa shape index (κ1) is 16.8. The van der Waals surface area contributed by atoms with Crippen LogP contribution in [-0.4, -0.2) is 56.8 Å². The van der Waals surface area contributed by atoms with E-state index in [1.165, 1.54) is 0 Å². The van der Waals surface area contributed by atoms with Crippen LogP contribution in [0.3, 0.4) is 0 Å². The Morgan fingerprint density at radius 2 is 1.91 bits per heavy atom. The number of aryl methyl sites for hydroxylation is 1. The van der Waals surface area contributed by atoms with Gasteiger partial charge in [-0.05, 0) is 32.9 Å². The van der Waals surface area contributed by atoms with Crippen LogP contribution in [0.5, 0.6) is 0 Å². The summed E-state index contributed by atoms with van der Waals surface area (Å²) in [5, 5.41) is 6.53. The maximum absolute atomic E-state index is 5.86. The third-order valence-electron chi connectivity index (χ3n) is 3.69. The van der Waals surface area contributed by atoms with Crippen molar-refractivity contribution in [3.8, 4) is 0 Å². The van der Waals surface area contributed by atoms with Crippen molar-refractivity contribution in [2.75, 3.05) is 45.9 Å². The SMILES string of the molecule is CCNC(=NCC(c1ccc(C)o1)N1CCOCC1)NCC. The molecule has 22 heavy (non-hydrogen) atoms. The van der Waals surface area contributed by atoms with Crippen LogP contribution < -0.4 is 10.6 Å². The predicted molar refractivity (Wildman–Crippen MR) is 88.2 cm³/mol. The van der Waals surface area contributed by atoms with Crippen molar-refractivity contribution in [1.29, 1.82) is 0 Å². The quantitative estimate of drug-likeness (QED) is 0.616. The van der Waals surface area contributed by atoms with E-state index >= 15 is 0 Å². The van der Waals surface area contributed by atoms with Gasteiger partial charge in [-0.25, -0.2) is 0 Å². The van der Waals surface area contributed by atoms with Crippen LogP contribution in [0.4, 0.5) is 0 Å². The number of nitrogens with zero attached hydrogens (tertiary/aromatic N) is 2. The van der Waals surface area contributed by atoms with Crippen LogP contribution in [0.25, 0.3) is 0 Å². The Morgan fingerprint density at radius 3 is 2.45 bits per heavy atom. The van der Waals surface area contributed by atoms with Gasteiger partial charge in [0.25, 0.3) is 0 Å². The van der Waals surface area contributed by atoms with Gasteiger partial charge in [0, 0.05) is 26.2 Å². The van der Waals surface area contributed by atoms with E-state index in [0.717, 1.165) is 56.9 Å². The average Bonchev–Trinajstić information content (AvgIpc) is 2.95. The fourth-order valence-electron chi connectivity index (χ4n) is 2.59. The van der Waals surface area contributed by atoms with Crippen LogP contribution in [0.2, 0.25) is 0 Å². The number of nitrogens with one attached hydrogen (secondary N) is 2. The Balaban J connectivity index is 2.11. The second kappa shape index (κ2) is 8.80. The summed E-state index contributed by atoms with van der Waals surface area (Å²) in [6.07, 6.45) is 0. The van der Waals surface area contributed by atoms with Gasteiger partial charge in [-0.2, -0.15) is 0 Å². The van der Waals surface area contributed by atoms with Crippen molar-refractivity contribution in [2.45, 2.75) is 26.8 Å². The molecule has 1 aliphatic rings. The Kier molecular flexibility index (Phi) is 6.74. The Hall–Kier alpha value is -1.53. The lowest BCUT2D eigenvalue weighted by atomic mass is 10.1. The first-order chi connectivity index (χ1) is 10.7. The number of aliphatic imine (C=N–C) groups is 1. The maximum Gasteiger partial charge on any atom is 0.191 e. The molecule has 0 radical (unpaired) electrons.